The molecule has 4 fully saturated rings. The van der Waals surface area contributed by atoms with Crippen molar-refractivity contribution in [3.8, 4) is 0 Å². The monoisotopic (exact) mass is 488 g/mol. The highest BCUT2D eigenvalue weighted by Crippen LogP contribution is 2.52. The standard InChI is InChI=1S/C31H60N4/c1-26(2,3)19-32-20-30(21-32)14-12-17-34(22-30)29(10,11)18-25-31(24-35(25)28(7,8)9)15-13-16-33(23-31)27(4,5)6/h25H,12-24H2,1-11H3. The van der Waals surface area contributed by atoms with E-state index in [-0.39, 0.29) is 16.6 Å². The third-order valence-corrected chi connectivity index (χ3v) is 10.0. The maximum atomic E-state index is 2.92. The molecule has 0 amide bonds. The van der Waals surface area contributed by atoms with Crippen LogP contribution in [0.15, 0.2) is 0 Å². The van der Waals surface area contributed by atoms with Gasteiger partial charge in [-0.15, -0.1) is 0 Å². The molecule has 0 aliphatic carbocycles. The van der Waals surface area contributed by atoms with Gasteiger partial charge < -0.3 is 4.90 Å². The van der Waals surface area contributed by atoms with Crippen LogP contribution in [0.4, 0.5) is 0 Å². The van der Waals surface area contributed by atoms with Crippen molar-refractivity contribution in [3.05, 3.63) is 0 Å². The molecule has 2 spiro atoms. The average Bonchev–Trinajstić information content (AvgIpc) is 2.67. The topological polar surface area (TPSA) is 13.0 Å². The molecule has 2 atom stereocenters. The predicted molar refractivity (Wildman–Crippen MR) is 151 cm³/mol. The first kappa shape index (κ1) is 27.9. The van der Waals surface area contributed by atoms with Crippen LogP contribution in [0.1, 0.15) is 108 Å². The van der Waals surface area contributed by atoms with Crippen molar-refractivity contribution in [1.29, 1.82) is 0 Å². The summed E-state index contributed by atoms with van der Waals surface area (Å²) in [5.41, 5.74) is 2.21. The predicted octanol–water partition coefficient (Wildman–Crippen LogP) is 5.96. The van der Waals surface area contributed by atoms with Crippen molar-refractivity contribution in [2.75, 3.05) is 52.4 Å². The van der Waals surface area contributed by atoms with Gasteiger partial charge in [0.15, 0.2) is 0 Å². The van der Waals surface area contributed by atoms with Crippen LogP contribution in [-0.4, -0.2) is 94.6 Å². The van der Waals surface area contributed by atoms with E-state index in [1.807, 2.05) is 0 Å². The number of likely N-dealkylation sites (tertiary alicyclic amines) is 4. The van der Waals surface area contributed by atoms with Gasteiger partial charge in [-0.25, -0.2) is 0 Å². The van der Waals surface area contributed by atoms with Crippen molar-refractivity contribution in [1.82, 2.24) is 19.6 Å². The van der Waals surface area contributed by atoms with E-state index >= 15 is 0 Å². The lowest BCUT2D eigenvalue weighted by molar-refractivity contribution is -0.178. The molecule has 0 aromatic carbocycles. The lowest BCUT2D eigenvalue weighted by Crippen LogP contribution is -2.76. The van der Waals surface area contributed by atoms with Crippen LogP contribution in [0.3, 0.4) is 0 Å². The fourth-order valence-electron chi connectivity index (χ4n) is 8.21. The molecular weight excluding hydrogens is 428 g/mol. The molecule has 4 saturated heterocycles. The summed E-state index contributed by atoms with van der Waals surface area (Å²) in [5.74, 6) is 0. The van der Waals surface area contributed by atoms with E-state index in [1.165, 1.54) is 84.5 Å². The Kier molecular flexibility index (Phi) is 7.13. The molecule has 4 heterocycles. The summed E-state index contributed by atoms with van der Waals surface area (Å²) in [6.45, 7) is 37.2. The second kappa shape index (κ2) is 8.95. The highest BCUT2D eigenvalue weighted by Gasteiger charge is 2.59. The minimum Gasteiger partial charge on any atom is -0.302 e. The number of nitrogens with zero attached hydrogens (tertiary/aromatic N) is 4. The van der Waals surface area contributed by atoms with Gasteiger partial charge in [0.1, 0.15) is 0 Å². The Bertz CT molecular complexity index is 745. The van der Waals surface area contributed by atoms with Crippen molar-refractivity contribution < 1.29 is 0 Å². The smallest absolute Gasteiger partial charge is 0.0199 e. The summed E-state index contributed by atoms with van der Waals surface area (Å²) in [7, 11) is 0. The van der Waals surface area contributed by atoms with Crippen LogP contribution in [0, 0.1) is 16.2 Å². The zero-order valence-corrected chi connectivity index (χ0v) is 25.6. The molecule has 4 heteroatoms. The van der Waals surface area contributed by atoms with E-state index in [2.05, 4.69) is 95.8 Å². The van der Waals surface area contributed by atoms with Gasteiger partial charge in [0.2, 0.25) is 0 Å². The maximum Gasteiger partial charge on any atom is 0.0199 e. The van der Waals surface area contributed by atoms with E-state index < -0.39 is 0 Å². The van der Waals surface area contributed by atoms with E-state index in [4.69, 9.17) is 0 Å². The Balaban J connectivity index is 1.47. The molecule has 4 aliphatic rings. The quantitative estimate of drug-likeness (QED) is 0.484. The molecule has 4 nitrogen and oxygen atoms in total. The van der Waals surface area contributed by atoms with Gasteiger partial charge in [0, 0.05) is 72.8 Å². The minimum atomic E-state index is 0.251. The Morgan fingerprint density at radius 1 is 0.657 bits per heavy atom. The first-order chi connectivity index (χ1) is 15.8. The Labute approximate surface area is 219 Å². The summed E-state index contributed by atoms with van der Waals surface area (Å²) in [6, 6.07) is 0.694. The van der Waals surface area contributed by atoms with E-state index in [1.54, 1.807) is 0 Å². The number of rotatable bonds is 4. The van der Waals surface area contributed by atoms with Gasteiger partial charge >= 0.3 is 0 Å². The molecular formula is C31H60N4. The van der Waals surface area contributed by atoms with Crippen LogP contribution in [0.2, 0.25) is 0 Å². The number of hydrogen-bond donors (Lipinski definition) is 0. The molecule has 0 saturated carbocycles. The van der Waals surface area contributed by atoms with Crippen molar-refractivity contribution >= 4 is 0 Å². The molecule has 0 aromatic rings. The molecule has 4 rings (SSSR count). The average molecular weight is 489 g/mol. The van der Waals surface area contributed by atoms with Gasteiger partial charge in [-0.3, -0.25) is 14.7 Å². The molecule has 0 bridgehead atoms. The summed E-state index contributed by atoms with van der Waals surface area (Å²) in [5, 5.41) is 0. The first-order valence-electron chi connectivity index (χ1n) is 14.8. The molecule has 204 valence electrons. The van der Waals surface area contributed by atoms with Gasteiger partial charge in [-0.05, 0) is 106 Å². The maximum absolute atomic E-state index is 2.92. The lowest BCUT2D eigenvalue weighted by atomic mass is 9.61. The lowest BCUT2D eigenvalue weighted by Gasteiger charge is -2.67. The van der Waals surface area contributed by atoms with E-state index in [0.717, 1.165) is 0 Å². The number of hydrogen-bond acceptors (Lipinski definition) is 4. The van der Waals surface area contributed by atoms with Gasteiger partial charge in [-0.1, -0.05) is 20.8 Å². The van der Waals surface area contributed by atoms with Crippen molar-refractivity contribution in [2.45, 2.75) is 131 Å². The molecule has 2 unspecified atom stereocenters. The second-order valence-electron chi connectivity index (χ2n) is 17.1. The summed E-state index contributed by atoms with van der Waals surface area (Å²) < 4.78 is 0. The third-order valence-electron chi connectivity index (χ3n) is 10.0. The number of piperidine rings is 2. The molecule has 0 N–H and O–H groups in total. The molecule has 35 heavy (non-hydrogen) atoms. The summed E-state index contributed by atoms with van der Waals surface area (Å²) in [4.78, 5) is 11.3. The molecule has 0 radical (unpaired) electrons. The van der Waals surface area contributed by atoms with Crippen LogP contribution >= 0.6 is 0 Å². The Morgan fingerprint density at radius 3 is 1.83 bits per heavy atom. The van der Waals surface area contributed by atoms with Crippen LogP contribution in [0.5, 0.6) is 0 Å². The van der Waals surface area contributed by atoms with Crippen LogP contribution in [-0.2, 0) is 0 Å². The van der Waals surface area contributed by atoms with E-state index in [0.29, 0.717) is 22.3 Å². The highest BCUT2D eigenvalue weighted by molar-refractivity contribution is 5.13. The van der Waals surface area contributed by atoms with Crippen molar-refractivity contribution in [3.63, 3.8) is 0 Å². The zero-order chi connectivity index (χ0) is 26.1. The molecule has 0 aromatic heterocycles. The fraction of sp³-hybridized carbons (Fsp3) is 1.00. The summed E-state index contributed by atoms with van der Waals surface area (Å²) >= 11 is 0. The zero-order valence-electron chi connectivity index (χ0n) is 25.6. The van der Waals surface area contributed by atoms with Gasteiger partial charge in [-0.2, -0.15) is 0 Å². The van der Waals surface area contributed by atoms with Crippen LogP contribution in [0.25, 0.3) is 0 Å². The van der Waals surface area contributed by atoms with Crippen LogP contribution < -0.4 is 0 Å². The van der Waals surface area contributed by atoms with Crippen molar-refractivity contribution in [2.24, 2.45) is 16.2 Å². The van der Waals surface area contributed by atoms with E-state index in [9.17, 15) is 0 Å². The minimum absolute atomic E-state index is 0.251. The Morgan fingerprint density at radius 2 is 1.26 bits per heavy atom. The highest BCUT2D eigenvalue weighted by atomic mass is 15.3. The fourth-order valence-corrected chi connectivity index (χ4v) is 8.21. The SMILES string of the molecule is CC(C)(C)CN1CC2(CCCN(C(C)(C)CC3N(C(C)(C)C)CC34CCCN(C(C)(C)C)C4)C2)C1. The summed E-state index contributed by atoms with van der Waals surface area (Å²) in [6.07, 6.45) is 6.90. The van der Waals surface area contributed by atoms with Gasteiger partial charge in [0.05, 0.1) is 0 Å². The largest absolute Gasteiger partial charge is 0.302 e. The van der Waals surface area contributed by atoms with Gasteiger partial charge in [0.25, 0.3) is 0 Å². The molecule has 4 aliphatic heterocycles. The normalized spacial score (nSPS) is 32.1. The second-order valence-corrected chi connectivity index (χ2v) is 17.1. The first-order valence-corrected chi connectivity index (χ1v) is 14.8. The Hall–Kier alpha value is -0.160. The third kappa shape index (κ3) is 5.81.